The quantitative estimate of drug-likeness (QED) is 0.655. The summed E-state index contributed by atoms with van der Waals surface area (Å²) in [4.78, 5) is 0.722. The van der Waals surface area contributed by atoms with Gasteiger partial charge >= 0.3 is 0 Å². The van der Waals surface area contributed by atoms with Crippen molar-refractivity contribution in [1.29, 1.82) is 5.26 Å². The third-order valence-electron chi connectivity index (χ3n) is 1.39. The minimum absolute atomic E-state index is 0.157. The van der Waals surface area contributed by atoms with Gasteiger partial charge in [-0.05, 0) is 17.9 Å². The van der Waals surface area contributed by atoms with Crippen molar-refractivity contribution < 1.29 is 4.39 Å². The van der Waals surface area contributed by atoms with Crippen molar-refractivity contribution >= 4 is 11.8 Å². The van der Waals surface area contributed by atoms with Crippen molar-refractivity contribution in [3.8, 4) is 6.07 Å². The van der Waals surface area contributed by atoms with Crippen LogP contribution in [-0.2, 0) is 0 Å². The van der Waals surface area contributed by atoms with Gasteiger partial charge in [0.1, 0.15) is 17.4 Å². The molecule has 0 heterocycles. The van der Waals surface area contributed by atoms with E-state index in [2.05, 4.69) is 0 Å². The molecule has 0 amide bonds. The molecule has 1 nitrogen and oxygen atoms in total. The number of hydrogen-bond acceptors (Lipinski definition) is 2. The summed E-state index contributed by atoms with van der Waals surface area (Å²) in [5.41, 5.74) is 0.157. The molecule has 0 saturated carbocycles. The summed E-state index contributed by atoms with van der Waals surface area (Å²) in [6, 6.07) is 6.54. The maximum Gasteiger partial charge on any atom is 0.142 e. The van der Waals surface area contributed by atoms with E-state index in [4.69, 9.17) is 5.26 Å². The molecule has 62 valence electrons. The van der Waals surface area contributed by atoms with Gasteiger partial charge in [0.25, 0.3) is 0 Å². The van der Waals surface area contributed by atoms with Crippen LogP contribution in [0.5, 0.6) is 0 Å². The Morgan fingerprint density at radius 3 is 2.92 bits per heavy atom. The molecule has 12 heavy (non-hydrogen) atoms. The van der Waals surface area contributed by atoms with Gasteiger partial charge in [0.2, 0.25) is 0 Å². The Bertz CT molecular complexity index is 317. The Hall–Kier alpha value is -1.01. The van der Waals surface area contributed by atoms with Gasteiger partial charge in [-0.25, -0.2) is 4.39 Å². The maximum absolute atomic E-state index is 12.9. The molecule has 1 rings (SSSR count). The molecule has 0 aromatic heterocycles. The standard InChI is InChI=1S/C9H8FNS/c1-2-12-9-5-3-4-8(10)7(9)6-11/h3-5H,2H2,1H3. The van der Waals surface area contributed by atoms with Crippen LogP contribution in [0.3, 0.4) is 0 Å². The Labute approximate surface area is 75.2 Å². The van der Waals surface area contributed by atoms with Crippen LogP contribution in [0.25, 0.3) is 0 Å². The van der Waals surface area contributed by atoms with Gasteiger partial charge in [0.05, 0.1) is 0 Å². The van der Waals surface area contributed by atoms with E-state index < -0.39 is 5.82 Å². The fourth-order valence-electron chi connectivity index (χ4n) is 0.889. The van der Waals surface area contributed by atoms with E-state index >= 15 is 0 Å². The molecule has 0 atom stereocenters. The summed E-state index contributed by atoms with van der Waals surface area (Å²) < 4.78 is 12.9. The largest absolute Gasteiger partial charge is 0.206 e. The molecule has 0 unspecified atom stereocenters. The van der Waals surface area contributed by atoms with Crippen molar-refractivity contribution in [2.24, 2.45) is 0 Å². The van der Waals surface area contributed by atoms with Gasteiger partial charge in [-0.3, -0.25) is 0 Å². The van der Waals surface area contributed by atoms with Crippen molar-refractivity contribution in [2.45, 2.75) is 11.8 Å². The predicted molar refractivity (Wildman–Crippen MR) is 47.5 cm³/mol. The van der Waals surface area contributed by atoms with Crippen LogP contribution in [0.15, 0.2) is 23.1 Å². The van der Waals surface area contributed by atoms with Crippen LogP contribution in [0.4, 0.5) is 4.39 Å². The van der Waals surface area contributed by atoms with E-state index in [0.717, 1.165) is 10.6 Å². The van der Waals surface area contributed by atoms with Crippen molar-refractivity contribution in [3.05, 3.63) is 29.6 Å². The number of benzene rings is 1. The summed E-state index contributed by atoms with van der Waals surface area (Å²) in [6.45, 7) is 1.97. The van der Waals surface area contributed by atoms with Crippen molar-refractivity contribution in [2.75, 3.05) is 5.75 Å². The van der Waals surface area contributed by atoms with E-state index in [0.29, 0.717) is 0 Å². The molecule has 0 aliphatic heterocycles. The zero-order chi connectivity index (χ0) is 8.97. The molecular weight excluding hydrogens is 173 g/mol. The first kappa shape index (κ1) is 9.08. The highest BCUT2D eigenvalue weighted by atomic mass is 32.2. The fraction of sp³-hybridized carbons (Fsp3) is 0.222. The monoisotopic (exact) mass is 181 g/mol. The minimum atomic E-state index is -0.434. The van der Waals surface area contributed by atoms with E-state index in [1.165, 1.54) is 17.8 Å². The van der Waals surface area contributed by atoms with Gasteiger partial charge in [-0.15, -0.1) is 11.8 Å². The highest BCUT2D eigenvalue weighted by Gasteiger charge is 2.06. The number of nitriles is 1. The molecule has 1 aromatic rings. The summed E-state index contributed by atoms with van der Waals surface area (Å²) in [5.74, 6) is 0.411. The second-order valence-corrected chi connectivity index (χ2v) is 3.46. The molecule has 0 radical (unpaired) electrons. The molecule has 0 spiro atoms. The maximum atomic E-state index is 12.9. The first-order valence-corrected chi connectivity index (χ1v) is 4.59. The minimum Gasteiger partial charge on any atom is -0.206 e. The van der Waals surface area contributed by atoms with Crippen LogP contribution in [0, 0.1) is 17.1 Å². The molecule has 0 saturated heterocycles. The smallest absolute Gasteiger partial charge is 0.142 e. The highest BCUT2D eigenvalue weighted by Crippen LogP contribution is 2.23. The average Bonchev–Trinajstić information content (AvgIpc) is 2.05. The fourth-order valence-corrected chi connectivity index (χ4v) is 1.66. The van der Waals surface area contributed by atoms with Crippen molar-refractivity contribution in [1.82, 2.24) is 0 Å². The van der Waals surface area contributed by atoms with Gasteiger partial charge in [0.15, 0.2) is 0 Å². The van der Waals surface area contributed by atoms with Gasteiger partial charge in [0, 0.05) is 4.90 Å². The molecule has 1 aromatic carbocycles. The van der Waals surface area contributed by atoms with Crippen molar-refractivity contribution in [3.63, 3.8) is 0 Å². The molecule has 0 aliphatic carbocycles. The van der Waals surface area contributed by atoms with E-state index in [-0.39, 0.29) is 5.56 Å². The second-order valence-electron chi connectivity index (χ2n) is 2.16. The second kappa shape index (κ2) is 4.13. The van der Waals surface area contributed by atoms with Gasteiger partial charge in [-0.2, -0.15) is 5.26 Å². The lowest BCUT2D eigenvalue weighted by atomic mass is 10.2. The Balaban J connectivity index is 3.11. The molecule has 3 heteroatoms. The Morgan fingerprint density at radius 2 is 2.33 bits per heavy atom. The molecule has 0 bridgehead atoms. The number of rotatable bonds is 2. The predicted octanol–water partition coefficient (Wildman–Crippen LogP) is 2.81. The summed E-state index contributed by atoms with van der Waals surface area (Å²) in [6.07, 6.45) is 0. The number of thioether (sulfide) groups is 1. The molecular formula is C9H8FNS. The lowest BCUT2D eigenvalue weighted by molar-refractivity contribution is 0.620. The summed E-state index contributed by atoms with van der Waals surface area (Å²) in [5, 5.41) is 8.62. The first-order chi connectivity index (χ1) is 5.79. The lowest BCUT2D eigenvalue weighted by Crippen LogP contribution is -1.86. The number of nitrogens with zero attached hydrogens (tertiary/aromatic N) is 1. The molecule has 0 fully saturated rings. The van der Waals surface area contributed by atoms with Crippen LogP contribution in [-0.4, -0.2) is 5.75 Å². The normalized spacial score (nSPS) is 9.42. The zero-order valence-electron chi connectivity index (χ0n) is 6.67. The lowest BCUT2D eigenvalue weighted by Gasteiger charge is -2.00. The number of hydrogen-bond donors (Lipinski definition) is 0. The Morgan fingerprint density at radius 1 is 1.58 bits per heavy atom. The van der Waals surface area contributed by atoms with Gasteiger partial charge in [-0.1, -0.05) is 13.0 Å². The molecule has 0 aliphatic rings. The van der Waals surface area contributed by atoms with Crippen LogP contribution < -0.4 is 0 Å². The Kier molecular flexibility index (Phi) is 3.12. The first-order valence-electron chi connectivity index (χ1n) is 3.61. The SMILES string of the molecule is CCSc1cccc(F)c1C#N. The highest BCUT2D eigenvalue weighted by molar-refractivity contribution is 7.99. The summed E-state index contributed by atoms with van der Waals surface area (Å²) >= 11 is 1.48. The topological polar surface area (TPSA) is 23.8 Å². The van der Waals surface area contributed by atoms with Crippen LogP contribution in [0.1, 0.15) is 12.5 Å². The number of halogens is 1. The van der Waals surface area contributed by atoms with Crippen LogP contribution in [0.2, 0.25) is 0 Å². The zero-order valence-corrected chi connectivity index (χ0v) is 7.49. The van der Waals surface area contributed by atoms with E-state index in [1.807, 2.05) is 13.0 Å². The van der Waals surface area contributed by atoms with Crippen LogP contribution >= 0.6 is 11.8 Å². The average molecular weight is 181 g/mol. The van der Waals surface area contributed by atoms with Gasteiger partial charge < -0.3 is 0 Å². The van der Waals surface area contributed by atoms with E-state index in [9.17, 15) is 4.39 Å². The van der Waals surface area contributed by atoms with E-state index in [1.54, 1.807) is 12.1 Å². The third-order valence-corrected chi connectivity index (χ3v) is 2.33. The summed E-state index contributed by atoms with van der Waals surface area (Å²) in [7, 11) is 0. The third kappa shape index (κ3) is 1.77. The molecule has 0 N–H and O–H groups in total.